The van der Waals surface area contributed by atoms with Gasteiger partial charge < -0.3 is 15.5 Å². The number of rotatable bonds is 45. The normalized spacial score (nSPS) is 13.6. The van der Waals surface area contributed by atoms with Crippen LogP contribution >= 0.6 is 0 Å². The van der Waals surface area contributed by atoms with Crippen molar-refractivity contribution >= 4 is 16.0 Å². The highest BCUT2D eigenvalue weighted by Gasteiger charge is 2.28. The average Bonchev–Trinajstić information content (AvgIpc) is 3.15. The van der Waals surface area contributed by atoms with Crippen LogP contribution in [0.2, 0.25) is 0 Å². The molecule has 0 aliphatic heterocycles. The fourth-order valence-corrected chi connectivity index (χ4v) is 8.69. The van der Waals surface area contributed by atoms with Crippen LogP contribution in [0.15, 0.2) is 0 Å². The summed E-state index contributed by atoms with van der Waals surface area (Å²) < 4.78 is 32.7. The smallest absolute Gasteiger partial charge is 0.266 e. The van der Waals surface area contributed by atoms with Crippen LogP contribution in [0.5, 0.6) is 0 Å². The summed E-state index contributed by atoms with van der Waals surface area (Å²) in [5.41, 5.74) is 0. The maximum atomic E-state index is 12.7. The molecule has 0 aliphatic carbocycles. The minimum Gasteiger partial charge on any atom is -0.391 e. The molecule has 0 saturated carbocycles. The Labute approximate surface area is 342 Å². The minimum atomic E-state index is -4.41. The zero-order valence-corrected chi connectivity index (χ0v) is 37.5. The van der Waals surface area contributed by atoms with Crippen molar-refractivity contribution in [2.45, 2.75) is 289 Å². The SMILES string of the molecule is CCCCCCCCCCCCCCCCCCCCCCC(O)C(CS(=O)(=O)O)NC(=O)C(O)CCCCCCCCCCCCCCCCCCCC. The van der Waals surface area contributed by atoms with Gasteiger partial charge in [0, 0.05) is 0 Å². The molecule has 0 heterocycles. The first-order valence-electron chi connectivity index (χ1n) is 24.3. The summed E-state index contributed by atoms with van der Waals surface area (Å²) in [6.07, 6.45) is 47.0. The molecule has 0 rings (SSSR count). The number of aliphatic hydroxyl groups excluding tert-OH is 2. The van der Waals surface area contributed by atoms with E-state index >= 15 is 0 Å². The topological polar surface area (TPSA) is 124 Å². The predicted octanol–water partition coefficient (Wildman–Crippen LogP) is 13.7. The van der Waals surface area contributed by atoms with Gasteiger partial charge in [-0.1, -0.05) is 258 Å². The lowest BCUT2D eigenvalue weighted by atomic mass is 10.0. The second-order valence-electron chi connectivity index (χ2n) is 17.3. The van der Waals surface area contributed by atoms with Gasteiger partial charge in [0.15, 0.2) is 0 Å². The van der Waals surface area contributed by atoms with Gasteiger partial charge in [0.1, 0.15) is 6.10 Å². The summed E-state index contributed by atoms with van der Waals surface area (Å²) >= 11 is 0. The van der Waals surface area contributed by atoms with Gasteiger partial charge in [0.25, 0.3) is 10.1 Å². The molecule has 1 amide bonds. The Kier molecular flexibility index (Phi) is 40.9. The fourth-order valence-electron chi connectivity index (χ4n) is 7.94. The van der Waals surface area contributed by atoms with E-state index in [1.165, 1.54) is 199 Å². The zero-order chi connectivity index (χ0) is 40.5. The van der Waals surface area contributed by atoms with E-state index in [2.05, 4.69) is 19.2 Å². The monoisotopic (exact) mass is 802 g/mol. The molecule has 8 heteroatoms. The van der Waals surface area contributed by atoms with Crippen LogP contribution in [0, 0.1) is 0 Å². The number of unbranched alkanes of at least 4 members (excludes halogenated alkanes) is 36. The third-order valence-corrected chi connectivity index (χ3v) is 12.4. The summed E-state index contributed by atoms with van der Waals surface area (Å²) in [6.45, 7) is 4.54. The van der Waals surface area contributed by atoms with Crippen molar-refractivity contribution in [3.63, 3.8) is 0 Å². The van der Waals surface area contributed by atoms with Crippen LogP contribution in [-0.4, -0.2) is 53.1 Å². The van der Waals surface area contributed by atoms with Crippen LogP contribution in [0.4, 0.5) is 0 Å². The molecule has 0 bridgehead atoms. The fraction of sp³-hybridized carbons (Fsp3) is 0.979. The summed E-state index contributed by atoms with van der Waals surface area (Å²) in [6, 6.07) is -1.14. The van der Waals surface area contributed by atoms with Gasteiger partial charge in [0.05, 0.1) is 17.9 Å². The molecule has 0 radical (unpaired) electrons. The molecule has 3 unspecified atom stereocenters. The molecule has 0 aromatic heterocycles. The lowest BCUT2D eigenvalue weighted by molar-refractivity contribution is -0.131. The van der Waals surface area contributed by atoms with Crippen molar-refractivity contribution in [1.29, 1.82) is 0 Å². The molecule has 3 atom stereocenters. The molecule has 0 aliphatic rings. The van der Waals surface area contributed by atoms with Gasteiger partial charge in [0.2, 0.25) is 5.91 Å². The first-order chi connectivity index (χ1) is 26.7. The maximum absolute atomic E-state index is 12.7. The molecule has 330 valence electrons. The second-order valence-corrected chi connectivity index (χ2v) is 18.7. The largest absolute Gasteiger partial charge is 0.391 e. The van der Waals surface area contributed by atoms with Gasteiger partial charge in [-0.05, 0) is 12.8 Å². The number of carbonyl (C=O) groups excluding carboxylic acids is 1. The number of carbonyl (C=O) groups is 1. The molecule has 0 aromatic rings. The standard InChI is InChI=1S/C47H95NO6S/c1-3-5-7-9-11-13-15-17-19-21-23-24-26-27-29-31-33-35-37-39-41-45(49)44(43-55(52,53)54)48-47(51)46(50)42-40-38-36-34-32-30-28-25-22-20-18-16-14-12-10-8-6-4-2/h44-46,49-50H,3-43H2,1-2H3,(H,48,51)(H,52,53,54). The number of hydrogen-bond donors (Lipinski definition) is 4. The quantitative estimate of drug-likeness (QED) is 0.0359. The summed E-state index contributed by atoms with van der Waals surface area (Å²) in [5.74, 6) is -1.44. The molecule has 7 nitrogen and oxygen atoms in total. The van der Waals surface area contributed by atoms with Crippen molar-refractivity contribution in [3.8, 4) is 0 Å². The number of aliphatic hydroxyl groups is 2. The zero-order valence-electron chi connectivity index (χ0n) is 36.7. The first-order valence-corrected chi connectivity index (χ1v) is 25.9. The van der Waals surface area contributed by atoms with E-state index < -0.39 is 40.0 Å². The molecule has 0 aromatic carbocycles. The van der Waals surface area contributed by atoms with E-state index in [9.17, 15) is 28.0 Å². The van der Waals surface area contributed by atoms with Crippen LogP contribution in [0.1, 0.15) is 271 Å². The highest BCUT2D eigenvalue weighted by atomic mass is 32.2. The van der Waals surface area contributed by atoms with Gasteiger partial charge in [-0.15, -0.1) is 0 Å². The van der Waals surface area contributed by atoms with E-state index in [-0.39, 0.29) is 0 Å². The molecule has 0 saturated heterocycles. The van der Waals surface area contributed by atoms with Crippen molar-refractivity contribution < 1.29 is 28.0 Å². The lowest BCUT2D eigenvalue weighted by Gasteiger charge is -2.24. The Morgan fingerprint density at radius 1 is 0.418 bits per heavy atom. The van der Waals surface area contributed by atoms with Crippen molar-refractivity contribution in [2.75, 3.05) is 5.75 Å². The van der Waals surface area contributed by atoms with Gasteiger partial charge in [-0.25, -0.2) is 0 Å². The van der Waals surface area contributed by atoms with Crippen molar-refractivity contribution in [2.24, 2.45) is 0 Å². The Morgan fingerprint density at radius 3 is 0.909 bits per heavy atom. The number of hydrogen-bond acceptors (Lipinski definition) is 5. The summed E-state index contributed by atoms with van der Waals surface area (Å²) in [5, 5.41) is 23.7. The highest BCUT2D eigenvalue weighted by molar-refractivity contribution is 7.85. The van der Waals surface area contributed by atoms with E-state index in [4.69, 9.17) is 0 Å². The molecule has 4 N–H and O–H groups in total. The van der Waals surface area contributed by atoms with E-state index in [0.717, 1.165) is 44.9 Å². The maximum Gasteiger partial charge on any atom is 0.266 e. The third kappa shape index (κ3) is 41.3. The van der Waals surface area contributed by atoms with E-state index in [1.54, 1.807) is 0 Å². The molecule has 0 spiro atoms. The molecule has 55 heavy (non-hydrogen) atoms. The minimum absolute atomic E-state index is 0.304. The van der Waals surface area contributed by atoms with Gasteiger partial charge >= 0.3 is 0 Å². The predicted molar refractivity (Wildman–Crippen MR) is 236 cm³/mol. The summed E-state index contributed by atoms with van der Waals surface area (Å²) in [7, 11) is -4.41. The molecular weight excluding hydrogens is 707 g/mol. The van der Waals surface area contributed by atoms with Crippen LogP contribution in [0.3, 0.4) is 0 Å². The van der Waals surface area contributed by atoms with Gasteiger partial charge in [-0.2, -0.15) is 8.42 Å². The Bertz CT molecular complexity index is 900. The van der Waals surface area contributed by atoms with Gasteiger partial charge in [-0.3, -0.25) is 9.35 Å². The van der Waals surface area contributed by atoms with Crippen molar-refractivity contribution in [3.05, 3.63) is 0 Å². The molecule has 0 fully saturated rings. The second kappa shape index (κ2) is 41.5. The lowest BCUT2D eigenvalue weighted by Crippen LogP contribution is -2.50. The summed E-state index contributed by atoms with van der Waals surface area (Å²) in [4.78, 5) is 12.7. The first kappa shape index (κ1) is 54.3. The average molecular weight is 802 g/mol. The van der Waals surface area contributed by atoms with Crippen LogP contribution in [-0.2, 0) is 14.9 Å². The van der Waals surface area contributed by atoms with Crippen LogP contribution < -0.4 is 5.32 Å². The highest BCUT2D eigenvalue weighted by Crippen LogP contribution is 2.18. The van der Waals surface area contributed by atoms with E-state index in [1.807, 2.05) is 0 Å². The number of amides is 1. The molecular formula is C47H95NO6S. The number of nitrogens with one attached hydrogen (secondary N) is 1. The van der Waals surface area contributed by atoms with Crippen LogP contribution in [0.25, 0.3) is 0 Å². The van der Waals surface area contributed by atoms with Crippen molar-refractivity contribution in [1.82, 2.24) is 5.32 Å². The Morgan fingerprint density at radius 2 is 0.655 bits per heavy atom. The Balaban J connectivity index is 3.84. The Hall–Kier alpha value is -0.700. The third-order valence-electron chi connectivity index (χ3n) is 11.7. The van der Waals surface area contributed by atoms with E-state index in [0.29, 0.717) is 12.8 Å².